The molecule has 88 valence electrons. The Balaban J connectivity index is 2.66. The highest BCUT2D eigenvalue weighted by Gasteiger charge is 2.49. The van der Waals surface area contributed by atoms with Crippen LogP contribution in [0, 0.1) is 0 Å². The van der Waals surface area contributed by atoms with Gasteiger partial charge in [-0.25, -0.2) is 0 Å². The summed E-state index contributed by atoms with van der Waals surface area (Å²) in [5.74, 6) is 0. The predicted octanol–water partition coefficient (Wildman–Crippen LogP) is 0.613. The van der Waals surface area contributed by atoms with Crippen LogP contribution in [-0.4, -0.2) is 49.1 Å². The van der Waals surface area contributed by atoms with Crippen LogP contribution in [0.3, 0.4) is 0 Å². The fourth-order valence-corrected chi connectivity index (χ4v) is 4.21. The third kappa shape index (κ3) is 3.09. The van der Waals surface area contributed by atoms with Crippen molar-refractivity contribution in [2.45, 2.75) is 24.5 Å². The lowest BCUT2D eigenvalue weighted by Crippen LogP contribution is -2.48. The Labute approximate surface area is 91.0 Å². The zero-order valence-corrected chi connectivity index (χ0v) is 10.4. The van der Waals surface area contributed by atoms with Crippen molar-refractivity contribution in [1.29, 1.82) is 0 Å². The van der Waals surface area contributed by atoms with Crippen molar-refractivity contribution < 1.29 is 22.8 Å². The molecule has 1 heterocycles. The number of rotatable bonds is 8. The molecule has 0 bridgehead atoms. The third-order valence-corrected chi connectivity index (χ3v) is 5.86. The van der Waals surface area contributed by atoms with E-state index in [9.17, 15) is 4.79 Å². The van der Waals surface area contributed by atoms with Crippen molar-refractivity contribution in [3.63, 3.8) is 0 Å². The van der Waals surface area contributed by atoms with Crippen molar-refractivity contribution in [2.75, 3.05) is 27.9 Å². The van der Waals surface area contributed by atoms with E-state index >= 15 is 0 Å². The maximum atomic E-state index is 10.6. The Morgan fingerprint density at radius 2 is 1.93 bits per heavy atom. The predicted molar refractivity (Wildman–Crippen MR) is 55.6 cm³/mol. The molecule has 0 amide bonds. The SMILES string of the molecule is CO[Si](OC)(OC)C(CC=O)CC1CO1. The molecular formula is C9H18O5Si. The van der Waals surface area contributed by atoms with E-state index in [4.69, 9.17) is 18.0 Å². The van der Waals surface area contributed by atoms with Crippen LogP contribution in [-0.2, 0) is 22.8 Å². The summed E-state index contributed by atoms with van der Waals surface area (Å²) in [5, 5.41) is 0. The molecule has 0 aromatic carbocycles. The maximum Gasteiger partial charge on any atom is 0.503 e. The first-order valence-electron chi connectivity index (χ1n) is 4.93. The summed E-state index contributed by atoms with van der Waals surface area (Å²) in [6, 6.07) is 0. The molecule has 6 heteroatoms. The van der Waals surface area contributed by atoms with Gasteiger partial charge in [0.15, 0.2) is 0 Å². The minimum Gasteiger partial charge on any atom is -0.377 e. The van der Waals surface area contributed by atoms with Gasteiger partial charge < -0.3 is 22.8 Å². The lowest BCUT2D eigenvalue weighted by atomic mass is 10.2. The molecule has 15 heavy (non-hydrogen) atoms. The van der Waals surface area contributed by atoms with Gasteiger partial charge in [-0.1, -0.05) is 0 Å². The van der Waals surface area contributed by atoms with Gasteiger partial charge in [0.1, 0.15) is 6.29 Å². The smallest absolute Gasteiger partial charge is 0.377 e. The molecule has 0 radical (unpaired) electrons. The molecule has 2 atom stereocenters. The van der Waals surface area contributed by atoms with E-state index in [1.807, 2.05) is 0 Å². The molecule has 0 aromatic heterocycles. The van der Waals surface area contributed by atoms with Crippen molar-refractivity contribution in [2.24, 2.45) is 0 Å². The average Bonchev–Trinajstić information content (AvgIpc) is 3.05. The van der Waals surface area contributed by atoms with Crippen molar-refractivity contribution in [3.8, 4) is 0 Å². The minimum atomic E-state index is -2.70. The number of carbonyl (C=O) groups excluding carboxylic acids is 1. The summed E-state index contributed by atoms with van der Waals surface area (Å²) in [5.41, 5.74) is -0.0116. The molecule has 0 saturated carbocycles. The zero-order valence-electron chi connectivity index (χ0n) is 9.39. The number of hydrogen-bond donors (Lipinski definition) is 0. The zero-order chi connectivity index (χ0) is 11.3. The highest BCUT2D eigenvalue weighted by molar-refractivity contribution is 6.62. The molecule has 0 aromatic rings. The van der Waals surface area contributed by atoms with E-state index in [-0.39, 0.29) is 11.6 Å². The summed E-state index contributed by atoms with van der Waals surface area (Å²) >= 11 is 0. The van der Waals surface area contributed by atoms with Gasteiger partial charge in [0, 0.05) is 33.3 Å². The first-order chi connectivity index (χ1) is 7.22. The lowest BCUT2D eigenvalue weighted by molar-refractivity contribution is -0.108. The quantitative estimate of drug-likeness (QED) is 0.350. The van der Waals surface area contributed by atoms with Crippen molar-refractivity contribution >= 4 is 15.1 Å². The van der Waals surface area contributed by atoms with Crippen LogP contribution < -0.4 is 0 Å². The van der Waals surface area contributed by atoms with Gasteiger partial charge in [-0.15, -0.1) is 0 Å². The van der Waals surface area contributed by atoms with E-state index in [0.717, 1.165) is 19.3 Å². The maximum absolute atomic E-state index is 10.6. The van der Waals surface area contributed by atoms with Gasteiger partial charge in [-0.05, 0) is 6.42 Å². The van der Waals surface area contributed by atoms with Crippen LogP contribution in [0.2, 0.25) is 5.54 Å². The summed E-state index contributed by atoms with van der Waals surface area (Å²) in [6.45, 7) is 0.761. The standard InChI is InChI=1S/C9H18O5Si/c1-11-15(12-2,13-3)9(4-5-10)6-8-7-14-8/h5,8-9H,4,6-7H2,1-3H3. The number of epoxide rings is 1. The normalized spacial score (nSPS) is 22.5. The molecule has 1 saturated heterocycles. The number of carbonyl (C=O) groups is 1. The molecule has 0 N–H and O–H groups in total. The summed E-state index contributed by atoms with van der Waals surface area (Å²) in [6.07, 6.45) is 2.27. The number of aldehydes is 1. The highest BCUT2D eigenvalue weighted by atomic mass is 28.4. The van der Waals surface area contributed by atoms with Crippen LogP contribution in [0.4, 0.5) is 0 Å². The Bertz CT molecular complexity index is 194. The highest BCUT2D eigenvalue weighted by Crippen LogP contribution is 2.34. The Hall–Kier alpha value is -0.273. The fraction of sp³-hybridized carbons (Fsp3) is 0.889. The molecule has 1 fully saturated rings. The van der Waals surface area contributed by atoms with E-state index in [2.05, 4.69) is 0 Å². The van der Waals surface area contributed by atoms with Gasteiger partial charge in [-0.2, -0.15) is 0 Å². The summed E-state index contributed by atoms with van der Waals surface area (Å²) in [7, 11) is 1.98. The monoisotopic (exact) mass is 234 g/mol. The first-order valence-corrected chi connectivity index (χ1v) is 6.73. The molecule has 0 aliphatic carbocycles. The van der Waals surface area contributed by atoms with Gasteiger partial charge in [0.2, 0.25) is 0 Å². The Morgan fingerprint density at radius 1 is 1.40 bits per heavy atom. The average molecular weight is 234 g/mol. The van der Waals surface area contributed by atoms with Crippen LogP contribution in [0.1, 0.15) is 12.8 Å². The number of hydrogen-bond acceptors (Lipinski definition) is 5. The third-order valence-electron chi connectivity index (χ3n) is 2.68. The van der Waals surface area contributed by atoms with Crippen LogP contribution in [0.15, 0.2) is 0 Å². The van der Waals surface area contributed by atoms with Gasteiger partial charge in [-0.3, -0.25) is 0 Å². The molecule has 1 rings (SSSR count). The van der Waals surface area contributed by atoms with Gasteiger partial charge in [0.25, 0.3) is 0 Å². The molecule has 0 spiro atoms. The molecular weight excluding hydrogens is 216 g/mol. The van der Waals surface area contributed by atoms with Crippen molar-refractivity contribution in [1.82, 2.24) is 0 Å². The summed E-state index contributed by atoms with van der Waals surface area (Å²) in [4.78, 5) is 10.6. The molecule has 1 aliphatic rings. The molecule has 5 nitrogen and oxygen atoms in total. The van der Waals surface area contributed by atoms with Crippen LogP contribution in [0.5, 0.6) is 0 Å². The van der Waals surface area contributed by atoms with Gasteiger partial charge in [0.05, 0.1) is 12.7 Å². The Kier molecular flexibility index (Phi) is 4.87. The largest absolute Gasteiger partial charge is 0.503 e. The molecule has 2 unspecified atom stereocenters. The van der Waals surface area contributed by atoms with E-state index in [1.54, 1.807) is 21.3 Å². The second-order valence-corrected chi connectivity index (χ2v) is 6.75. The second kappa shape index (κ2) is 5.71. The van der Waals surface area contributed by atoms with E-state index in [0.29, 0.717) is 6.42 Å². The molecule has 1 aliphatic heterocycles. The first kappa shape index (κ1) is 12.8. The summed E-state index contributed by atoms with van der Waals surface area (Å²) < 4.78 is 21.2. The minimum absolute atomic E-state index is 0.0116. The van der Waals surface area contributed by atoms with Crippen LogP contribution >= 0.6 is 0 Å². The van der Waals surface area contributed by atoms with Crippen molar-refractivity contribution in [3.05, 3.63) is 0 Å². The Morgan fingerprint density at radius 3 is 2.27 bits per heavy atom. The fourth-order valence-electron chi connectivity index (χ4n) is 1.77. The number of ether oxygens (including phenoxy) is 1. The van der Waals surface area contributed by atoms with E-state index in [1.165, 1.54) is 0 Å². The van der Waals surface area contributed by atoms with Gasteiger partial charge >= 0.3 is 8.80 Å². The second-order valence-electron chi connectivity index (χ2n) is 3.51. The lowest BCUT2D eigenvalue weighted by Gasteiger charge is -2.31. The topological polar surface area (TPSA) is 57.3 Å². The van der Waals surface area contributed by atoms with E-state index < -0.39 is 8.80 Å². The van der Waals surface area contributed by atoms with Crippen LogP contribution in [0.25, 0.3) is 0 Å².